The van der Waals surface area contributed by atoms with E-state index in [2.05, 4.69) is 9.46 Å². The van der Waals surface area contributed by atoms with E-state index < -0.39 is 22.0 Å². The predicted molar refractivity (Wildman–Crippen MR) is 105 cm³/mol. The maximum atomic E-state index is 13.0. The molecule has 9 nitrogen and oxygen atoms in total. The molecule has 0 aromatic heterocycles. The van der Waals surface area contributed by atoms with Crippen LogP contribution in [0, 0.1) is 0 Å². The lowest BCUT2D eigenvalue weighted by Gasteiger charge is -2.15. The van der Waals surface area contributed by atoms with Crippen molar-refractivity contribution in [2.24, 2.45) is 0 Å². The Kier molecular flexibility index (Phi) is 6.84. The number of hydrogen-bond acceptors (Lipinski definition) is 7. The van der Waals surface area contributed by atoms with Crippen LogP contribution in [0.15, 0.2) is 47.4 Å². The monoisotopic (exact) mass is 421 g/mol. The summed E-state index contributed by atoms with van der Waals surface area (Å²) in [5, 5.41) is 9.08. The zero-order valence-electron chi connectivity index (χ0n) is 15.8. The van der Waals surface area contributed by atoms with Crippen LogP contribution in [0.5, 0.6) is 11.5 Å². The number of esters is 1. The number of methoxy groups -OCH3 is 3. The summed E-state index contributed by atoms with van der Waals surface area (Å²) in [6, 6.07) is 8.11. The van der Waals surface area contributed by atoms with Gasteiger partial charge in [-0.25, -0.2) is 18.0 Å². The second-order valence-electron chi connectivity index (χ2n) is 5.60. The predicted octanol–water partition coefficient (Wildman–Crippen LogP) is 2.39. The van der Waals surface area contributed by atoms with Gasteiger partial charge in [-0.1, -0.05) is 6.07 Å². The first-order valence-electron chi connectivity index (χ1n) is 8.10. The van der Waals surface area contributed by atoms with Crippen molar-refractivity contribution in [2.45, 2.75) is 4.90 Å². The SMILES string of the molecule is COC(=O)/C=C/c1cc(OC)c(OC)c(S(=O)(=O)Nc2cccc(C(=O)O)c2)c1. The fraction of sp³-hybridized carbons (Fsp3) is 0.158. The van der Waals surface area contributed by atoms with Crippen LogP contribution in [-0.2, 0) is 19.6 Å². The van der Waals surface area contributed by atoms with Crippen molar-refractivity contribution in [3.05, 3.63) is 53.6 Å². The summed E-state index contributed by atoms with van der Waals surface area (Å²) in [5.41, 5.74) is 0.318. The molecule has 29 heavy (non-hydrogen) atoms. The standard InChI is InChI=1S/C19H19NO8S/c1-26-15-9-12(7-8-17(21)27-2)10-16(18(15)28-3)29(24,25)20-14-6-4-5-13(11-14)19(22)23/h4-11,20H,1-3H3,(H,22,23)/b8-7+. The Morgan fingerprint density at radius 3 is 2.38 bits per heavy atom. The van der Waals surface area contributed by atoms with Crippen molar-refractivity contribution >= 4 is 33.7 Å². The van der Waals surface area contributed by atoms with Crippen molar-refractivity contribution in [3.8, 4) is 11.5 Å². The molecule has 0 saturated heterocycles. The van der Waals surface area contributed by atoms with Gasteiger partial charge in [-0.2, -0.15) is 0 Å². The van der Waals surface area contributed by atoms with E-state index >= 15 is 0 Å². The minimum Gasteiger partial charge on any atom is -0.493 e. The van der Waals surface area contributed by atoms with Crippen LogP contribution in [0.25, 0.3) is 6.08 Å². The molecule has 154 valence electrons. The van der Waals surface area contributed by atoms with Gasteiger partial charge in [-0.05, 0) is 42.0 Å². The van der Waals surface area contributed by atoms with Crippen LogP contribution in [0.4, 0.5) is 5.69 Å². The second-order valence-corrected chi connectivity index (χ2v) is 7.25. The summed E-state index contributed by atoms with van der Waals surface area (Å²) in [6.45, 7) is 0. The van der Waals surface area contributed by atoms with Crippen molar-refractivity contribution in [1.29, 1.82) is 0 Å². The lowest BCUT2D eigenvalue weighted by atomic mass is 10.2. The zero-order chi connectivity index (χ0) is 21.6. The number of nitrogens with one attached hydrogen (secondary N) is 1. The normalized spacial score (nSPS) is 11.1. The molecule has 0 saturated carbocycles. The number of sulfonamides is 1. The maximum Gasteiger partial charge on any atom is 0.335 e. The van der Waals surface area contributed by atoms with Gasteiger partial charge in [0.05, 0.1) is 26.9 Å². The average molecular weight is 421 g/mol. The molecular formula is C19H19NO8S. The Hall–Kier alpha value is -3.53. The number of carbonyl (C=O) groups is 2. The number of benzene rings is 2. The summed E-state index contributed by atoms with van der Waals surface area (Å²) < 4.78 is 43.2. The van der Waals surface area contributed by atoms with Crippen molar-refractivity contribution in [1.82, 2.24) is 0 Å². The molecule has 10 heteroatoms. The molecule has 0 unspecified atom stereocenters. The zero-order valence-corrected chi connectivity index (χ0v) is 16.6. The second kappa shape index (κ2) is 9.11. The van der Waals surface area contributed by atoms with Crippen molar-refractivity contribution in [2.75, 3.05) is 26.1 Å². The molecule has 0 spiro atoms. The fourth-order valence-electron chi connectivity index (χ4n) is 2.40. The van der Waals surface area contributed by atoms with Crippen molar-refractivity contribution < 1.29 is 37.3 Å². The van der Waals surface area contributed by atoms with Gasteiger partial charge in [0.2, 0.25) is 0 Å². The first kappa shape index (κ1) is 21.8. The van der Waals surface area contributed by atoms with Gasteiger partial charge >= 0.3 is 11.9 Å². The first-order valence-corrected chi connectivity index (χ1v) is 9.58. The fourth-order valence-corrected chi connectivity index (χ4v) is 3.67. The third kappa shape index (κ3) is 5.26. The van der Waals surface area contributed by atoms with Crippen LogP contribution in [0.2, 0.25) is 0 Å². The molecule has 0 heterocycles. The minimum absolute atomic E-state index is 0.0513. The topological polar surface area (TPSA) is 128 Å². The molecule has 0 atom stereocenters. The number of carboxylic acids is 1. The van der Waals surface area contributed by atoms with Gasteiger partial charge in [0.15, 0.2) is 11.5 Å². The highest BCUT2D eigenvalue weighted by molar-refractivity contribution is 7.92. The van der Waals surface area contributed by atoms with E-state index in [4.69, 9.17) is 14.6 Å². The van der Waals surface area contributed by atoms with Crippen LogP contribution in [0.3, 0.4) is 0 Å². The van der Waals surface area contributed by atoms with Gasteiger partial charge in [-0.15, -0.1) is 0 Å². The number of carbonyl (C=O) groups excluding carboxylic acids is 1. The Balaban J connectivity index is 2.54. The van der Waals surface area contributed by atoms with E-state index in [1.54, 1.807) is 0 Å². The van der Waals surface area contributed by atoms with Crippen LogP contribution in [-0.4, -0.2) is 46.8 Å². The van der Waals surface area contributed by atoms with Gasteiger partial charge in [0, 0.05) is 11.8 Å². The Morgan fingerprint density at radius 2 is 1.79 bits per heavy atom. The summed E-state index contributed by atoms with van der Waals surface area (Å²) in [6.07, 6.45) is 2.49. The van der Waals surface area contributed by atoms with Gasteiger partial charge in [-0.3, -0.25) is 4.72 Å². The number of hydrogen-bond donors (Lipinski definition) is 2. The molecule has 2 aromatic rings. The third-order valence-corrected chi connectivity index (χ3v) is 5.12. The highest BCUT2D eigenvalue weighted by Crippen LogP contribution is 2.37. The lowest BCUT2D eigenvalue weighted by Crippen LogP contribution is -2.15. The number of carboxylic acid groups (broad SMARTS) is 1. The highest BCUT2D eigenvalue weighted by Gasteiger charge is 2.24. The number of aromatic carboxylic acids is 1. The number of anilines is 1. The summed E-state index contributed by atoms with van der Waals surface area (Å²) in [4.78, 5) is 22.2. The molecule has 2 N–H and O–H groups in total. The maximum absolute atomic E-state index is 13.0. The molecule has 0 aliphatic rings. The largest absolute Gasteiger partial charge is 0.493 e. The van der Waals surface area contributed by atoms with E-state index in [0.717, 1.165) is 6.08 Å². The molecule has 0 radical (unpaired) electrons. The highest BCUT2D eigenvalue weighted by atomic mass is 32.2. The van der Waals surface area contributed by atoms with E-state index in [0.29, 0.717) is 5.56 Å². The third-order valence-electron chi connectivity index (χ3n) is 3.73. The quantitative estimate of drug-likeness (QED) is 0.491. The molecule has 0 bridgehead atoms. The van der Waals surface area contributed by atoms with Crippen molar-refractivity contribution in [3.63, 3.8) is 0 Å². The number of rotatable bonds is 8. The van der Waals surface area contributed by atoms with Crippen LogP contribution in [0.1, 0.15) is 15.9 Å². The Bertz CT molecular complexity index is 1060. The number of ether oxygens (including phenoxy) is 3. The summed E-state index contributed by atoms with van der Waals surface area (Å²) in [7, 11) is -0.358. The van der Waals surface area contributed by atoms with E-state index in [-0.39, 0.29) is 27.6 Å². The lowest BCUT2D eigenvalue weighted by molar-refractivity contribution is -0.134. The molecular weight excluding hydrogens is 402 g/mol. The summed E-state index contributed by atoms with van der Waals surface area (Å²) in [5.74, 6) is -1.74. The first-order chi connectivity index (χ1) is 13.7. The Morgan fingerprint density at radius 1 is 1.07 bits per heavy atom. The Labute approximate surface area is 167 Å². The molecule has 2 aromatic carbocycles. The van der Waals surface area contributed by atoms with Gasteiger partial charge in [0.1, 0.15) is 4.90 Å². The van der Waals surface area contributed by atoms with Crippen LogP contribution >= 0.6 is 0 Å². The molecule has 2 rings (SSSR count). The van der Waals surface area contributed by atoms with E-state index in [1.807, 2.05) is 0 Å². The van der Waals surface area contributed by atoms with E-state index in [9.17, 15) is 18.0 Å². The minimum atomic E-state index is -4.20. The molecule has 0 aliphatic carbocycles. The van der Waals surface area contributed by atoms with Crippen LogP contribution < -0.4 is 14.2 Å². The molecule has 0 aliphatic heterocycles. The van der Waals surface area contributed by atoms with Gasteiger partial charge in [0.25, 0.3) is 10.0 Å². The smallest absolute Gasteiger partial charge is 0.335 e. The van der Waals surface area contributed by atoms with E-state index in [1.165, 1.54) is 63.8 Å². The molecule has 0 fully saturated rings. The molecule has 0 amide bonds. The average Bonchev–Trinajstić information content (AvgIpc) is 2.70. The summed E-state index contributed by atoms with van der Waals surface area (Å²) >= 11 is 0. The van der Waals surface area contributed by atoms with Gasteiger partial charge < -0.3 is 19.3 Å².